The Hall–Kier alpha value is -1.88. The van der Waals surface area contributed by atoms with Gasteiger partial charge in [0.05, 0.1) is 0 Å². The second-order valence-electron chi connectivity index (χ2n) is 4.15. The summed E-state index contributed by atoms with van der Waals surface area (Å²) in [5.41, 5.74) is 0.527. The van der Waals surface area contributed by atoms with E-state index in [4.69, 9.17) is 0 Å². The minimum Gasteiger partial charge on any atom is -0.312 e. The number of pyridine rings is 1. The molecule has 0 saturated carbocycles. The summed E-state index contributed by atoms with van der Waals surface area (Å²) in [6.07, 6.45) is 1.93. The lowest BCUT2D eigenvalue weighted by atomic mass is 10.0. The van der Waals surface area contributed by atoms with Crippen molar-refractivity contribution in [2.24, 2.45) is 0 Å². The van der Waals surface area contributed by atoms with E-state index in [1.54, 1.807) is 31.4 Å². The SMILES string of the molecule is CNC(Cc1ccccn1)c1c(F)cc(F)cc1F. The number of halogens is 3. The van der Waals surface area contributed by atoms with E-state index in [-0.39, 0.29) is 5.56 Å². The summed E-state index contributed by atoms with van der Waals surface area (Å²) in [4.78, 5) is 4.11. The molecule has 1 heterocycles. The molecule has 19 heavy (non-hydrogen) atoms. The van der Waals surface area contributed by atoms with Crippen LogP contribution in [0, 0.1) is 17.5 Å². The summed E-state index contributed by atoms with van der Waals surface area (Å²) in [6, 6.07) is 6.09. The van der Waals surface area contributed by atoms with E-state index in [1.807, 2.05) is 0 Å². The van der Waals surface area contributed by atoms with Gasteiger partial charge in [-0.2, -0.15) is 0 Å². The minimum absolute atomic E-state index is 0.172. The normalized spacial score (nSPS) is 12.4. The van der Waals surface area contributed by atoms with Gasteiger partial charge in [0.25, 0.3) is 0 Å². The number of hydrogen-bond acceptors (Lipinski definition) is 2. The van der Waals surface area contributed by atoms with E-state index in [2.05, 4.69) is 10.3 Å². The van der Waals surface area contributed by atoms with E-state index < -0.39 is 23.5 Å². The molecule has 0 spiro atoms. The Kier molecular flexibility index (Phi) is 4.16. The number of likely N-dealkylation sites (N-methyl/N-ethyl adjacent to an activating group) is 1. The van der Waals surface area contributed by atoms with Crippen LogP contribution in [0.1, 0.15) is 17.3 Å². The summed E-state index contributed by atoms with van der Waals surface area (Å²) in [5.74, 6) is -2.72. The molecule has 1 aromatic carbocycles. The molecule has 1 unspecified atom stereocenters. The lowest BCUT2D eigenvalue weighted by molar-refractivity contribution is 0.473. The van der Waals surface area contributed by atoms with Crippen LogP contribution in [-0.2, 0) is 6.42 Å². The first kappa shape index (κ1) is 13.5. The highest BCUT2D eigenvalue weighted by molar-refractivity contribution is 5.25. The molecule has 0 radical (unpaired) electrons. The molecule has 2 aromatic rings. The van der Waals surface area contributed by atoms with Crippen LogP contribution in [0.2, 0.25) is 0 Å². The third-order valence-electron chi connectivity index (χ3n) is 2.88. The molecule has 2 nitrogen and oxygen atoms in total. The predicted molar refractivity (Wildman–Crippen MR) is 66.1 cm³/mol. The molecule has 0 saturated heterocycles. The van der Waals surface area contributed by atoms with Crippen molar-refractivity contribution < 1.29 is 13.2 Å². The Bertz CT molecular complexity index is 535. The lowest BCUT2D eigenvalue weighted by Gasteiger charge is -2.17. The number of rotatable bonds is 4. The molecule has 0 aliphatic heterocycles. The summed E-state index contributed by atoms with van der Waals surface area (Å²) >= 11 is 0. The van der Waals surface area contributed by atoms with E-state index in [9.17, 15) is 13.2 Å². The molecular formula is C14H13F3N2. The first-order valence-electron chi connectivity index (χ1n) is 5.83. The molecule has 1 N–H and O–H groups in total. The Morgan fingerprint density at radius 2 is 1.84 bits per heavy atom. The maximum Gasteiger partial charge on any atom is 0.133 e. The third-order valence-corrected chi connectivity index (χ3v) is 2.88. The summed E-state index contributed by atoms with van der Waals surface area (Å²) in [7, 11) is 1.59. The Morgan fingerprint density at radius 3 is 2.37 bits per heavy atom. The summed E-state index contributed by atoms with van der Waals surface area (Å²) < 4.78 is 40.3. The van der Waals surface area contributed by atoms with Crippen molar-refractivity contribution in [3.8, 4) is 0 Å². The third kappa shape index (κ3) is 3.12. The van der Waals surface area contributed by atoms with Crippen LogP contribution in [0.15, 0.2) is 36.5 Å². The molecule has 0 aliphatic carbocycles. The van der Waals surface area contributed by atoms with Gasteiger partial charge in [0.15, 0.2) is 0 Å². The maximum absolute atomic E-state index is 13.7. The fourth-order valence-electron chi connectivity index (χ4n) is 1.96. The topological polar surface area (TPSA) is 24.9 Å². The van der Waals surface area contributed by atoms with Crippen LogP contribution in [0.5, 0.6) is 0 Å². The van der Waals surface area contributed by atoms with Gasteiger partial charge >= 0.3 is 0 Å². The standard InChI is InChI=1S/C14H13F3N2/c1-18-13(8-10-4-2-3-5-19-10)14-11(16)6-9(15)7-12(14)17/h2-7,13,18H,8H2,1H3. The van der Waals surface area contributed by atoms with Crippen molar-refractivity contribution in [1.29, 1.82) is 0 Å². The van der Waals surface area contributed by atoms with Gasteiger partial charge in [-0.05, 0) is 19.2 Å². The smallest absolute Gasteiger partial charge is 0.133 e. The Balaban J connectivity index is 2.32. The van der Waals surface area contributed by atoms with Crippen LogP contribution >= 0.6 is 0 Å². The van der Waals surface area contributed by atoms with Crippen molar-refractivity contribution in [3.05, 3.63) is 65.2 Å². The summed E-state index contributed by atoms with van der Waals surface area (Å²) in [6.45, 7) is 0. The number of benzene rings is 1. The number of hydrogen-bond donors (Lipinski definition) is 1. The van der Waals surface area contributed by atoms with Gasteiger partial charge in [-0.1, -0.05) is 6.07 Å². The first-order chi connectivity index (χ1) is 9.11. The Labute approximate surface area is 109 Å². The molecular weight excluding hydrogens is 253 g/mol. The summed E-state index contributed by atoms with van der Waals surface area (Å²) in [5, 5.41) is 2.83. The van der Waals surface area contributed by atoms with Gasteiger partial charge in [0.2, 0.25) is 0 Å². The van der Waals surface area contributed by atoms with Gasteiger partial charge in [-0.3, -0.25) is 4.98 Å². The van der Waals surface area contributed by atoms with Crippen molar-refractivity contribution in [2.45, 2.75) is 12.5 Å². The zero-order valence-electron chi connectivity index (χ0n) is 10.3. The molecule has 0 bridgehead atoms. The van der Waals surface area contributed by atoms with E-state index >= 15 is 0 Å². The highest BCUT2D eigenvalue weighted by Crippen LogP contribution is 2.24. The largest absolute Gasteiger partial charge is 0.312 e. The average molecular weight is 266 g/mol. The zero-order valence-corrected chi connectivity index (χ0v) is 10.3. The van der Waals surface area contributed by atoms with E-state index in [1.165, 1.54) is 0 Å². The molecule has 1 atom stereocenters. The van der Waals surface area contributed by atoms with Gasteiger partial charge in [-0.15, -0.1) is 0 Å². The zero-order chi connectivity index (χ0) is 13.8. The molecule has 1 aromatic heterocycles. The molecule has 0 aliphatic rings. The van der Waals surface area contributed by atoms with Crippen LogP contribution < -0.4 is 5.32 Å². The van der Waals surface area contributed by atoms with E-state index in [0.29, 0.717) is 24.2 Å². The molecule has 5 heteroatoms. The van der Waals surface area contributed by atoms with Gasteiger partial charge < -0.3 is 5.32 Å². The highest BCUT2D eigenvalue weighted by Gasteiger charge is 2.20. The second kappa shape index (κ2) is 5.84. The van der Waals surface area contributed by atoms with Gasteiger partial charge in [0, 0.05) is 42.0 Å². The van der Waals surface area contributed by atoms with Crippen LogP contribution in [0.25, 0.3) is 0 Å². The monoisotopic (exact) mass is 266 g/mol. The molecule has 0 fully saturated rings. The van der Waals surface area contributed by atoms with Crippen molar-refractivity contribution in [2.75, 3.05) is 7.05 Å². The molecule has 100 valence electrons. The second-order valence-corrected chi connectivity index (χ2v) is 4.15. The predicted octanol–water partition coefficient (Wildman–Crippen LogP) is 3.00. The maximum atomic E-state index is 13.7. The van der Waals surface area contributed by atoms with E-state index in [0.717, 1.165) is 0 Å². The molecule has 0 amide bonds. The van der Waals surface area contributed by atoms with Crippen LogP contribution in [-0.4, -0.2) is 12.0 Å². The Morgan fingerprint density at radius 1 is 1.16 bits per heavy atom. The van der Waals surface area contributed by atoms with Crippen molar-refractivity contribution in [1.82, 2.24) is 10.3 Å². The first-order valence-corrected chi connectivity index (χ1v) is 5.83. The quantitative estimate of drug-likeness (QED) is 0.920. The minimum atomic E-state index is -0.925. The van der Waals surface area contributed by atoms with Crippen LogP contribution in [0.4, 0.5) is 13.2 Å². The fraction of sp³-hybridized carbons (Fsp3) is 0.214. The van der Waals surface area contributed by atoms with Crippen molar-refractivity contribution in [3.63, 3.8) is 0 Å². The average Bonchev–Trinajstić information content (AvgIpc) is 2.37. The molecule has 2 rings (SSSR count). The van der Waals surface area contributed by atoms with Crippen LogP contribution in [0.3, 0.4) is 0 Å². The van der Waals surface area contributed by atoms with Gasteiger partial charge in [-0.25, -0.2) is 13.2 Å². The van der Waals surface area contributed by atoms with Crippen molar-refractivity contribution >= 4 is 0 Å². The lowest BCUT2D eigenvalue weighted by Crippen LogP contribution is -2.22. The highest BCUT2D eigenvalue weighted by atomic mass is 19.1. The number of nitrogens with zero attached hydrogens (tertiary/aromatic N) is 1. The van der Waals surface area contributed by atoms with Gasteiger partial charge in [0.1, 0.15) is 17.5 Å². The number of aromatic nitrogens is 1. The number of nitrogens with one attached hydrogen (secondary N) is 1. The fourth-order valence-corrected chi connectivity index (χ4v) is 1.96.